The maximum Gasteiger partial charge on any atom is 0.338 e. The van der Waals surface area contributed by atoms with E-state index in [1.807, 2.05) is 12.1 Å². The van der Waals surface area contributed by atoms with E-state index in [0.29, 0.717) is 11.1 Å². The highest BCUT2D eigenvalue weighted by Gasteiger charge is 2.58. The first kappa shape index (κ1) is 19.0. The normalized spacial score (nSPS) is 38.0. The van der Waals surface area contributed by atoms with Gasteiger partial charge in [-0.15, -0.1) is 0 Å². The van der Waals surface area contributed by atoms with Crippen molar-refractivity contribution in [3.8, 4) is 0 Å². The lowest BCUT2D eigenvalue weighted by Gasteiger charge is -2.54. The molecule has 0 spiro atoms. The molecule has 0 amide bonds. The van der Waals surface area contributed by atoms with Crippen molar-refractivity contribution in [1.82, 2.24) is 0 Å². The fraction of sp³-hybridized carbons (Fsp3) is 0.545. The quantitative estimate of drug-likeness (QED) is 0.348. The van der Waals surface area contributed by atoms with Gasteiger partial charge in [0.05, 0.1) is 5.56 Å². The summed E-state index contributed by atoms with van der Waals surface area (Å²) in [5, 5.41) is 0. The fourth-order valence-corrected chi connectivity index (χ4v) is 5.85. The number of esters is 2. The van der Waals surface area contributed by atoms with Crippen molar-refractivity contribution in [3.05, 3.63) is 45.6 Å². The number of hydrogen-bond donors (Lipinski definition) is 0. The molecular weight excluding hydrogens is 455 g/mol. The zero-order valence-corrected chi connectivity index (χ0v) is 17.9. The Morgan fingerprint density at radius 2 is 1.93 bits per heavy atom. The van der Waals surface area contributed by atoms with Crippen LogP contribution in [-0.2, 0) is 14.3 Å². The van der Waals surface area contributed by atoms with Crippen molar-refractivity contribution in [2.45, 2.75) is 51.7 Å². The van der Waals surface area contributed by atoms with Crippen molar-refractivity contribution >= 4 is 34.5 Å². The van der Waals surface area contributed by atoms with Gasteiger partial charge in [0.2, 0.25) is 0 Å². The van der Waals surface area contributed by atoms with Gasteiger partial charge < -0.3 is 9.47 Å². The Kier molecular flexibility index (Phi) is 4.85. The van der Waals surface area contributed by atoms with Crippen molar-refractivity contribution in [1.29, 1.82) is 0 Å². The lowest BCUT2D eigenvalue weighted by molar-refractivity contribution is -0.159. The molecule has 1 heterocycles. The monoisotopic (exact) mass is 480 g/mol. The molecule has 0 aromatic heterocycles. The van der Waals surface area contributed by atoms with Crippen LogP contribution in [0.3, 0.4) is 0 Å². The molecule has 1 aromatic rings. The molecule has 6 atom stereocenters. The third kappa shape index (κ3) is 3.22. The summed E-state index contributed by atoms with van der Waals surface area (Å²) in [6, 6.07) is 7.43. The molecule has 2 saturated carbocycles. The van der Waals surface area contributed by atoms with E-state index in [1.165, 1.54) is 0 Å². The molecule has 0 N–H and O–H groups in total. The molecule has 1 aromatic carbocycles. The van der Waals surface area contributed by atoms with Crippen LogP contribution >= 0.6 is 22.6 Å². The van der Waals surface area contributed by atoms with Crippen LogP contribution in [-0.4, -0.2) is 24.1 Å². The molecule has 0 radical (unpaired) electrons. The number of fused-ring (bicyclic) bond motifs is 3. The van der Waals surface area contributed by atoms with Crippen LogP contribution in [0.5, 0.6) is 0 Å². The summed E-state index contributed by atoms with van der Waals surface area (Å²) in [6.07, 6.45) is 3.59. The summed E-state index contributed by atoms with van der Waals surface area (Å²) in [5.41, 5.74) is 1.32. The molecule has 2 aliphatic carbocycles. The number of hydrogen-bond acceptors (Lipinski definition) is 4. The number of carbonyl (C=O) groups excluding carboxylic acids is 2. The zero-order chi connectivity index (χ0) is 19.3. The minimum absolute atomic E-state index is 0.115. The van der Waals surface area contributed by atoms with E-state index < -0.39 is 0 Å². The van der Waals surface area contributed by atoms with Crippen LogP contribution in [0.2, 0.25) is 0 Å². The maximum absolute atomic E-state index is 12.6. The summed E-state index contributed by atoms with van der Waals surface area (Å²) in [6.45, 7) is 8.40. The minimum atomic E-state index is -0.271. The molecule has 0 bridgehead atoms. The van der Waals surface area contributed by atoms with E-state index >= 15 is 0 Å². The molecule has 27 heavy (non-hydrogen) atoms. The van der Waals surface area contributed by atoms with Crippen LogP contribution in [0.15, 0.2) is 36.4 Å². The Morgan fingerprint density at radius 1 is 1.26 bits per heavy atom. The molecule has 1 saturated heterocycles. The Morgan fingerprint density at radius 3 is 2.63 bits per heavy atom. The van der Waals surface area contributed by atoms with Gasteiger partial charge in [0.25, 0.3) is 0 Å². The average Bonchev–Trinajstić information content (AvgIpc) is 2.92. The van der Waals surface area contributed by atoms with Crippen molar-refractivity contribution in [3.63, 3.8) is 0 Å². The van der Waals surface area contributed by atoms with E-state index in [2.05, 4.69) is 43.0 Å². The SMILES string of the molecule is C=C1C(=O)O[C@@H]2C3[C@@H](C)[C@@H](OC(=O)c4ccc(I)cc4)CC[C@]3(C)CC[C@@H]12. The van der Waals surface area contributed by atoms with Crippen molar-refractivity contribution < 1.29 is 19.1 Å². The first-order valence-corrected chi connectivity index (χ1v) is 10.7. The van der Waals surface area contributed by atoms with Crippen LogP contribution in [0, 0.1) is 26.7 Å². The van der Waals surface area contributed by atoms with Gasteiger partial charge in [-0.2, -0.15) is 0 Å². The Balaban J connectivity index is 1.54. The molecule has 1 unspecified atom stereocenters. The topological polar surface area (TPSA) is 52.6 Å². The fourth-order valence-electron chi connectivity index (χ4n) is 5.49. The second-order valence-electron chi connectivity index (χ2n) is 8.57. The predicted octanol–water partition coefficient (Wildman–Crippen LogP) is 4.76. The Bertz CT molecular complexity index is 786. The maximum atomic E-state index is 12.6. The number of carbonyl (C=O) groups is 2. The molecule has 5 heteroatoms. The van der Waals surface area contributed by atoms with Crippen molar-refractivity contribution in [2.75, 3.05) is 0 Å². The summed E-state index contributed by atoms with van der Waals surface area (Å²) in [5.74, 6) is -0.0686. The van der Waals surface area contributed by atoms with Gasteiger partial charge in [0.15, 0.2) is 0 Å². The van der Waals surface area contributed by atoms with Gasteiger partial charge in [0.1, 0.15) is 12.2 Å². The van der Waals surface area contributed by atoms with Gasteiger partial charge in [-0.05, 0) is 78.0 Å². The summed E-state index contributed by atoms with van der Waals surface area (Å²) in [4.78, 5) is 24.7. The standard InChI is InChI=1S/C22H25IO4/c1-12-16-8-10-22(3)11-9-17(13(2)18(22)19(16)27-20(12)24)26-21(25)14-4-6-15(23)7-5-14/h4-7,13,16-19H,1,8-11H2,2-3H3/t13-,16-,17-,18?,19-,22-/m0/s1. The van der Waals surface area contributed by atoms with E-state index in [9.17, 15) is 9.59 Å². The van der Waals surface area contributed by atoms with Gasteiger partial charge in [0, 0.05) is 26.9 Å². The smallest absolute Gasteiger partial charge is 0.338 e. The molecule has 3 fully saturated rings. The third-order valence-electron chi connectivity index (χ3n) is 7.03. The average molecular weight is 480 g/mol. The number of ether oxygens (including phenoxy) is 2. The summed E-state index contributed by atoms with van der Waals surface area (Å²) in [7, 11) is 0. The van der Waals surface area contributed by atoms with E-state index in [1.54, 1.807) is 12.1 Å². The van der Waals surface area contributed by atoms with E-state index in [0.717, 1.165) is 29.3 Å². The molecule has 4 nitrogen and oxygen atoms in total. The number of benzene rings is 1. The lowest BCUT2D eigenvalue weighted by atomic mass is 9.53. The second kappa shape index (κ2) is 6.90. The molecule has 144 valence electrons. The molecule has 4 rings (SSSR count). The molecule has 3 aliphatic rings. The lowest BCUT2D eigenvalue weighted by Crippen LogP contribution is -2.53. The Hall–Kier alpha value is -1.37. The summed E-state index contributed by atoms with van der Waals surface area (Å²) >= 11 is 2.22. The van der Waals surface area contributed by atoms with Gasteiger partial charge in [-0.1, -0.05) is 20.4 Å². The highest BCUT2D eigenvalue weighted by Crippen LogP contribution is 2.58. The highest BCUT2D eigenvalue weighted by atomic mass is 127. The molecular formula is C22H25IO4. The van der Waals surface area contributed by atoms with Crippen LogP contribution in [0.4, 0.5) is 0 Å². The van der Waals surface area contributed by atoms with Gasteiger partial charge in [-0.25, -0.2) is 9.59 Å². The Labute approximate surface area is 173 Å². The van der Waals surface area contributed by atoms with Crippen LogP contribution < -0.4 is 0 Å². The van der Waals surface area contributed by atoms with E-state index in [4.69, 9.17) is 9.47 Å². The predicted molar refractivity (Wildman–Crippen MR) is 110 cm³/mol. The van der Waals surface area contributed by atoms with Gasteiger partial charge >= 0.3 is 11.9 Å². The highest BCUT2D eigenvalue weighted by molar-refractivity contribution is 14.1. The van der Waals surface area contributed by atoms with Crippen LogP contribution in [0.1, 0.15) is 49.9 Å². The second-order valence-corrected chi connectivity index (χ2v) is 9.81. The first-order chi connectivity index (χ1) is 12.8. The van der Waals surface area contributed by atoms with Crippen LogP contribution in [0.25, 0.3) is 0 Å². The third-order valence-corrected chi connectivity index (χ3v) is 7.74. The minimum Gasteiger partial charge on any atom is -0.458 e. The van der Waals surface area contributed by atoms with E-state index in [-0.39, 0.29) is 47.3 Å². The van der Waals surface area contributed by atoms with Crippen molar-refractivity contribution in [2.24, 2.45) is 23.2 Å². The zero-order valence-electron chi connectivity index (χ0n) is 15.7. The first-order valence-electron chi connectivity index (χ1n) is 9.66. The molecule has 1 aliphatic heterocycles. The summed E-state index contributed by atoms with van der Waals surface area (Å²) < 4.78 is 12.8. The number of halogens is 1. The number of rotatable bonds is 2. The largest absolute Gasteiger partial charge is 0.458 e. The van der Waals surface area contributed by atoms with Gasteiger partial charge in [-0.3, -0.25) is 0 Å².